The van der Waals surface area contributed by atoms with Crippen molar-refractivity contribution >= 4 is 12.1 Å². The molecule has 0 spiro atoms. The number of allylic oxidation sites excluding steroid dienone is 1. The highest BCUT2D eigenvalue weighted by molar-refractivity contribution is 5.69. The Labute approximate surface area is 246 Å². The number of aliphatic hydroxyl groups excluding tert-OH is 1. The Kier molecular flexibility index (Phi) is 27.5. The van der Waals surface area contributed by atoms with Gasteiger partial charge in [-0.15, -0.1) is 0 Å². The molecule has 1 amide bonds. The molecule has 0 saturated carbocycles. The minimum Gasteiger partial charge on any atom is -0.498 e. The van der Waals surface area contributed by atoms with E-state index in [1.807, 2.05) is 0 Å². The molecule has 2 N–H and O–H groups in total. The van der Waals surface area contributed by atoms with Gasteiger partial charge >= 0.3 is 12.1 Å². The topological polar surface area (TPSA) is 94.1 Å². The van der Waals surface area contributed by atoms with Gasteiger partial charge in [-0.1, -0.05) is 104 Å². The van der Waals surface area contributed by atoms with Crippen LogP contribution in [0.15, 0.2) is 12.3 Å². The summed E-state index contributed by atoms with van der Waals surface area (Å²) in [5, 5.41) is 12.1. The lowest BCUT2D eigenvalue weighted by Gasteiger charge is -2.18. The summed E-state index contributed by atoms with van der Waals surface area (Å²) in [5.41, 5.74) is 0. The molecule has 0 saturated heterocycles. The molecule has 0 aliphatic heterocycles. The van der Waals surface area contributed by atoms with Gasteiger partial charge < -0.3 is 24.6 Å². The van der Waals surface area contributed by atoms with Crippen molar-refractivity contribution in [2.45, 2.75) is 155 Å². The van der Waals surface area contributed by atoms with Crippen LogP contribution in [0, 0.1) is 5.92 Å². The lowest BCUT2D eigenvalue weighted by Crippen LogP contribution is -2.29. The van der Waals surface area contributed by atoms with Gasteiger partial charge in [0.25, 0.3) is 0 Å². The molecule has 0 fully saturated rings. The van der Waals surface area contributed by atoms with Crippen molar-refractivity contribution in [3.63, 3.8) is 0 Å². The van der Waals surface area contributed by atoms with Crippen molar-refractivity contribution in [3.8, 4) is 0 Å². The summed E-state index contributed by atoms with van der Waals surface area (Å²) in [6.07, 6.45) is 22.0. The Morgan fingerprint density at radius 2 is 1.23 bits per heavy atom. The molecule has 0 radical (unpaired) electrons. The smallest absolute Gasteiger partial charge is 0.407 e. The molecule has 0 aromatic rings. The number of unbranched alkanes of at least 4 members (excludes halogenated alkanes) is 14. The number of ether oxygens (including phenoxy) is 3. The molecule has 0 aromatic heterocycles. The summed E-state index contributed by atoms with van der Waals surface area (Å²) in [5.74, 6) is 0.257. The van der Waals surface area contributed by atoms with E-state index >= 15 is 0 Å². The van der Waals surface area contributed by atoms with Crippen LogP contribution in [0.25, 0.3) is 0 Å². The van der Waals surface area contributed by atoms with Crippen LogP contribution in [0.4, 0.5) is 4.79 Å². The first-order chi connectivity index (χ1) is 19.4. The fraction of sp³-hybridized carbons (Fsp3) is 0.879. The quantitative estimate of drug-likeness (QED) is 0.0532. The molecule has 0 aliphatic carbocycles. The number of esters is 1. The fourth-order valence-electron chi connectivity index (χ4n) is 4.59. The van der Waals surface area contributed by atoms with E-state index in [1.165, 1.54) is 64.2 Å². The van der Waals surface area contributed by atoms with Gasteiger partial charge in [0.15, 0.2) is 0 Å². The highest BCUT2D eigenvalue weighted by Crippen LogP contribution is 2.18. The van der Waals surface area contributed by atoms with Crippen LogP contribution in [0.2, 0.25) is 0 Å². The molecule has 0 rings (SSSR count). The predicted octanol–water partition coefficient (Wildman–Crippen LogP) is 8.62. The monoisotopic (exact) mass is 569 g/mol. The van der Waals surface area contributed by atoms with Crippen LogP contribution >= 0.6 is 0 Å². The Hall–Kier alpha value is -1.76. The number of nitrogens with one attached hydrogen (secondary N) is 1. The molecular weight excluding hydrogens is 506 g/mol. The van der Waals surface area contributed by atoms with Crippen LogP contribution in [0.5, 0.6) is 0 Å². The van der Waals surface area contributed by atoms with Gasteiger partial charge in [-0.2, -0.15) is 0 Å². The maximum absolute atomic E-state index is 12.5. The van der Waals surface area contributed by atoms with Gasteiger partial charge in [-0.05, 0) is 45.4 Å². The highest BCUT2D eigenvalue weighted by atomic mass is 16.6. The molecule has 1 unspecified atom stereocenters. The van der Waals surface area contributed by atoms with E-state index in [4.69, 9.17) is 14.2 Å². The molecule has 236 valence electrons. The van der Waals surface area contributed by atoms with E-state index in [0.717, 1.165) is 57.8 Å². The minimum atomic E-state index is -0.479. The van der Waals surface area contributed by atoms with Crippen LogP contribution in [-0.4, -0.2) is 49.6 Å². The summed E-state index contributed by atoms with van der Waals surface area (Å²) in [4.78, 5) is 24.3. The van der Waals surface area contributed by atoms with Crippen molar-refractivity contribution < 1.29 is 28.9 Å². The van der Waals surface area contributed by atoms with Crippen LogP contribution in [-0.2, 0) is 19.0 Å². The zero-order chi connectivity index (χ0) is 29.7. The van der Waals surface area contributed by atoms with Crippen molar-refractivity contribution in [1.82, 2.24) is 5.32 Å². The summed E-state index contributed by atoms with van der Waals surface area (Å²) >= 11 is 0. The summed E-state index contributed by atoms with van der Waals surface area (Å²) in [6, 6.07) is 0. The maximum atomic E-state index is 12.5. The second kappa shape index (κ2) is 28.8. The second-order valence-electron chi connectivity index (χ2n) is 11.3. The number of amides is 1. The molecule has 0 heterocycles. The zero-order valence-electron chi connectivity index (χ0n) is 26.3. The van der Waals surface area contributed by atoms with E-state index in [2.05, 4.69) is 25.7 Å². The minimum absolute atomic E-state index is 0.0405. The van der Waals surface area contributed by atoms with Gasteiger partial charge in [0, 0.05) is 13.0 Å². The number of hydrogen-bond acceptors (Lipinski definition) is 6. The molecular formula is C33H63NO6. The molecule has 40 heavy (non-hydrogen) atoms. The number of alkyl carbamates (subject to hydrolysis) is 1. The Bertz CT molecular complexity index is 596. The molecule has 0 bridgehead atoms. The average molecular weight is 570 g/mol. The van der Waals surface area contributed by atoms with Crippen LogP contribution in [0.3, 0.4) is 0 Å². The first-order valence-corrected chi connectivity index (χ1v) is 16.4. The third-order valence-electron chi connectivity index (χ3n) is 7.16. The largest absolute Gasteiger partial charge is 0.498 e. The average Bonchev–Trinajstić information content (AvgIpc) is 2.93. The lowest BCUT2D eigenvalue weighted by molar-refractivity contribution is -0.150. The highest BCUT2D eigenvalue weighted by Gasteiger charge is 2.14. The maximum Gasteiger partial charge on any atom is 0.407 e. The van der Waals surface area contributed by atoms with Gasteiger partial charge in [-0.3, -0.25) is 4.79 Å². The number of carbonyl (C=O) groups is 2. The van der Waals surface area contributed by atoms with E-state index in [1.54, 1.807) is 6.92 Å². The van der Waals surface area contributed by atoms with Crippen LogP contribution in [0.1, 0.15) is 149 Å². The molecule has 1 atom stereocenters. The Morgan fingerprint density at radius 3 is 1.77 bits per heavy atom. The standard InChI is InChI=1S/C33H63NO6/c1-5-7-9-11-14-18-22-31(23-19-15-12-10-8-6-2)40-32(36)24-20-16-13-17-21-25-34-33(37)39-28-30(26-35)27-38-29(3)4/h30-31,35H,3,5-28H2,1-2,4H3,(H,34,37). The first-order valence-electron chi connectivity index (χ1n) is 16.4. The Morgan fingerprint density at radius 1 is 0.725 bits per heavy atom. The van der Waals surface area contributed by atoms with Gasteiger partial charge in [0.05, 0.1) is 24.9 Å². The molecule has 0 aromatic carbocycles. The van der Waals surface area contributed by atoms with Gasteiger partial charge in [0.1, 0.15) is 12.7 Å². The van der Waals surface area contributed by atoms with Gasteiger partial charge in [-0.25, -0.2) is 4.79 Å². The fourth-order valence-corrected chi connectivity index (χ4v) is 4.59. The Balaban J connectivity index is 3.98. The van der Waals surface area contributed by atoms with E-state index < -0.39 is 6.09 Å². The third kappa shape index (κ3) is 26.5. The van der Waals surface area contributed by atoms with Crippen molar-refractivity contribution in [3.05, 3.63) is 12.3 Å². The van der Waals surface area contributed by atoms with Crippen molar-refractivity contribution in [2.75, 3.05) is 26.4 Å². The lowest BCUT2D eigenvalue weighted by atomic mass is 10.0. The molecule has 0 aliphatic rings. The third-order valence-corrected chi connectivity index (χ3v) is 7.16. The second-order valence-corrected chi connectivity index (χ2v) is 11.3. The number of carbonyl (C=O) groups excluding carboxylic acids is 2. The van der Waals surface area contributed by atoms with Gasteiger partial charge in [0.2, 0.25) is 0 Å². The molecule has 7 heteroatoms. The zero-order valence-corrected chi connectivity index (χ0v) is 26.3. The SMILES string of the molecule is C=C(C)OCC(CO)COC(=O)NCCCCCCCC(=O)OC(CCCCCCCC)CCCCCCCC. The number of aliphatic hydroxyl groups is 1. The van der Waals surface area contributed by atoms with E-state index in [9.17, 15) is 14.7 Å². The first kappa shape index (κ1) is 38.2. The van der Waals surface area contributed by atoms with Crippen molar-refractivity contribution in [2.24, 2.45) is 5.92 Å². The summed E-state index contributed by atoms with van der Waals surface area (Å²) in [7, 11) is 0. The van der Waals surface area contributed by atoms with E-state index in [0.29, 0.717) is 18.7 Å². The van der Waals surface area contributed by atoms with Crippen LogP contribution < -0.4 is 5.32 Å². The number of rotatable bonds is 29. The predicted molar refractivity (Wildman–Crippen MR) is 164 cm³/mol. The normalized spacial score (nSPS) is 11.8. The van der Waals surface area contributed by atoms with E-state index in [-0.39, 0.29) is 37.8 Å². The summed E-state index contributed by atoms with van der Waals surface area (Å²) in [6.45, 7) is 10.7. The summed E-state index contributed by atoms with van der Waals surface area (Å²) < 4.78 is 16.3. The molecule has 7 nitrogen and oxygen atoms in total. The van der Waals surface area contributed by atoms with Crippen molar-refractivity contribution in [1.29, 1.82) is 0 Å². The number of hydrogen-bond donors (Lipinski definition) is 2.